The Hall–Kier alpha value is -1.39. The zero-order chi connectivity index (χ0) is 18.1. The van der Waals surface area contributed by atoms with E-state index < -0.39 is 48.4 Å². The van der Waals surface area contributed by atoms with E-state index in [1.165, 1.54) is 0 Å². The molecule has 23 heavy (non-hydrogen) atoms. The second-order valence-corrected chi connectivity index (χ2v) is 6.31. The van der Waals surface area contributed by atoms with Crippen LogP contribution in [0.3, 0.4) is 0 Å². The van der Waals surface area contributed by atoms with Gasteiger partial charge in [-0.25, -0.2) is 4.79 Å². The van der Waals surface area contributed by atoms with E-state index in [-0.39, 0.29) is 13.1 Å². The molecule has 1 fully saturated rings. The lowest BCUT2D eigenvalue weighted by Gasteiger charge is -2.48. The summed E-state index contributed by atoms with van der Waals surface area (Å²) in [4.78, 5) is 25.0. The van der Waals surface area contributed by atoms with Crippen LogP contribution in [0.1, 0.15) is 20.8 Å². The first-order valence-corrected chi connectivity index (χ1v) is 7.06. The SMILES string of the molecule is CC(C)(C)OC(=O)N1CCNC(CO)(C(=O)C(F)(F)F)C1CN. The average Bonchev–Trinajstić information content (AvgIpc) is 2.42. The van der Waals surface area contributed by atoms with E-state index in [1.54, 1.807) is 20.8 Å². The van der Waals surface area contributed by atoms with Crippen molar-refractivity contribution in [2.45, 2.75) is 44.1 Å². The number of piperazine rings is 1. The Kier molecular flexibility index (Phi) is 5.65. The number of Topliss-reactive ketones (excluding diaryl/α,β-unsaturated/α-hetero) is 1. The monoisotopic (exact) mass is 341 g/mol. The van der Waals surface area contributed by atoms with Gasteiger partial charge >= 0.3 is 12.3 Å². The molecule has 1 heterocycles. The molecule has 0 spiro atoms. The third kappa shape index (κ3) is 4.12. The standard InChI is InChI=1S/C13H22F3N3O4/c1-11(2,3)23-10(22)19-5-4-18-12(7-20,8(19)6-17)9(21)13(14,15)16/h8,18,20H,4-7,17H2,1-3H3. The molecule has 1 rings (SSSR count). The number of rotatable bonds is 3. The number of ether oxygens (including phenoxy) is 1. The van der Waals surface area contributed by atoms with Crippen molar-refractivity contribution in [2.75, 3.05) is 26.2 Å². The van der Waals surface area contributed by atoms with Crippen molar-refractivity contribution in [3.63, 3.8) is 0 Å². The number of carbonyl (C=O) groups excluding carboxylic acids is 2. The van der Waals surface area contributed by atoms with Crippen LogP contribution in [0.4, 0.5) is 18.0 Å². The maximum Gasteiger partial charge on any atom is 0.452 e. The molecule has 2 unspecified atom stereocenters. The van der Waals surface area contributed by atoms with Crippen molar-refractivity contribution < 1.29 is 32.6 Å². The van der Waals surface area contributed by atoms with Crippen molar-refractivity contribution in [1.29, 1.82) is 0 Å². The lowest BCUT2D eigenvalue weighted by molar-refractivity contribution is -0.184. The van der Waals surface area contributed by atoms with Gasteiger partial charge in [0.2, 0.25) is 0 Å². The Morgan fingerprint density at radius 1 is 1.39 bits per heavy atom. The van der Waals surface area contributed by atoms with E-state index in [9.17, 15) is 27.9 Å². The van der Waals surface area contributed by atoms with Crippen molar-refractivity contribution in [1.82, 2.24) is 10.2 Å². The number of ketones is 1. The van der Waals surface area contributed by atoms with Crippen LogP contribution in [0.2, 0.25) is 0 Å². The maximum atomic E-state index is 12.9. The minimum atomic E-state index is -5.18. The molecule has 0 bridgehead atoms. The Labute approximate surface area is 131 Å². The minimum Gasteiger partial charge on any atom is -0.444 e. The Morgan fingerprint density at radius 2 is 1.96 bits per heavy atom. The molecule has 0 aromatic rings. The molecule has 0 aromatic heterocycles. The van der Waals surface area contributed by atoms with E-state index in [0.29, 0.717) is 0 Å². The molecule has 2 atom stereocenters. The second kappa shape index (κ2) is 6.62. The molecule has 1 aliphatic heterocycles. The normalized spacial score (nSPS) is 26.1. The zero-order valence-corrected chi connectivity index (χ0v) is 13.2. The molecule has 0 radical (unpaired) electrons. The molecular weight excluding hydrogens is 319 g/mol. The minimum absolute atomic E-state index is 0.00364. The van der Waals surface area contributed by atoms with Gasteiger partial charge in [-0.1, -0.05) is 0 Å². The number of hydrogen-bond acceptors (Lipinski definition) is 6. The first-order valence-electron chi connectivity index (χ1n) is 7.06. The van der Waals surface area contributed by atoms with Gasteiger partial charge in [0.25, 0.3) is 5.78 Å². The third-order valence-electron chi connectivity index (χ3n) is 3.50. The summed E-state index contributed by atoms with van der Waals surface area (Å²) in [5, 5.41) is 11.9. The average molecular weight is 341 g/mol. The Balaban J connectivity index is 3.19. The van der Waals surface area contributed by atoms with E-state index >= 15 is 0 Å². The number of carbonyl (C=O) groups is 2. The number of alkyl halides is 3. The Bertz CT molecular complexity index is 464. The fourth-order valence-electron chi connectivity index (χ4n) is 2.52. The molecule has 134 valence electrons. The topological polar surface area (TPSA) is 105 Å². The summed E-state index contributed by atoms with van der Waals surface area (Å²) in [7, 11) is 0. The zero-order valence-electron chi connectivity index (χ0n) is 13.2. The van der Waals surface area contributed by atoms with E-state index in [1.807, 2.05) is 0 Å². The summed E-state index contributed by atoms with van der Waals surface area (Å²) in [5.74, 6) is -2.17. The fourth-order valence-corrected chi connectivity index (χ4v) is 2.52. The number of halogens is 3. The van der Waals surface area contributed by atoms with E-state index in [2.05, 4.69) is 5.32 Å². The van der Waals surface area contributed by atoms with Gasteiger partial charge in [-0.2, -0.15) is 13.2 Å². The predicted octanol–water partition coefficient (Wildman–Crippen LogP) is 0.0165. The first-order chi connectivity index (χ1) is 10.4. The van der Waals surface area contributed by atoms with Crippen LogP contribution in [-0.4, -0.2) is 71.5 Å². The van der Waals surface area contributed by atoms with E-state index in [4.69, 9.17) is 10.5 Å². The molecule has 7 nitrogen and oxygen atoms in total. The number of aliphatic hydroxyl groups excluding tert-OH is 1. The molecule has 0 aliphatic carbocycles. The van der Waals surface area contributed by atoms with Gasteiger partial charge in [0.1, 0.15) is 11.1 Å². The predicted molar refractivity (Wildman–Crippen MR) is 74.7 cm³/mol. The van der Waals surface area contributed by atoms with Crippen LogP contribution < -0.4 is 11.1 Å². The van der Waals surface area contributed by atoms with Crippen LogP contribution in [-0.2, 0) is 9.53 Å². The highest BCUT2D eigenvalue weighted by atomic mass is 19.4. The van der Waals surface area contributed by atoms with Crippen LogP contribution in [0.5, 0.6) is 0 Å². The molecule has 10 heteroatoms. The van der Waals surface area contributed by atoms with Gasteiger partial charge < -0.3 is 20.5 Å². The van der Waals surface area contributed by atoms with Gasteiger partial charge in [0.05, 0.1) is 12.6 Å². The quantitative estimate of drug-likeness (QED) is 0.668. The highest BCUT2D eigenvalue weighted by Crippen LogP contribution is 2.30. The highest BCUT2D eigenvalue weighted by molar-refractivity contribution is 5.95. The lowest BCUT2D eigenvalue weighted by atomic mass is 9.82. The molecule has 4 N–H and O–H groups in total. The maximum absolute atomic E-state index is 12.9. The van der Waals surface area contributed by atoms with Crippen LogP contribution >= 0.6 is 0 Å². The summed E-state index contributed by atoms with van der Waals surface area (Å²) in [6, 6.07) is -1.38. The van der Waals surface area contributed by atoms with Crippen LogP contribution in [0.15, 0.2) is 0 Å². The van der Waals surface area contributed by atoms with Crippen LogP contribution in [0, 0.1) is 0 Å². The third-order valence-corrected chi connectivity index (χ3v) is 3.50. The summed E-state index contributed by atoms with van der Waals surface area (Å²) in [5.41, 5.74) is 2.24. The number of amides is 1. The second-order valence-electron chi connectivity index (χ2n) is 6.31. The number of hydrogen-bond donors (Lipinski definition) is 3. The van der Waals surface area contributed by atoms with Gasteiger partial charge in [-0.15, -0.1) is 0 Å². The van der Waals surface area contributed by atoms with Crippen molar-refractivity contribution in [2.24, 2.45) is 5.73 Å². The number of nitrogens with zero attached hydrogens (tertiary/aromatic N) is 1. The number of aliphatic hydroxyl groups is 1. The van der Waals surface area contributed by atoms with Gasteiger partial charge in [0, 0.05) is 19.6 Å². The Morgan fingerprint density at radius 3 is 2.35 bits per heavy atom. The van der Waals surface area contributed by atoms with E-state index in [0.717, 1.165) is 4.90 Å². The summed E-state index contributed by atoms with van der Waals surface area (Å²) >= 11 is 0. The van der Waals surface area contributed by atoms with Gasteiger partial charge in [-0.3, -0.25) is 10.1 Å². The first kappa shape index (κ1) is 19.7. The van der Waals surface area contributed by atoms with Gasteiger partial charge in [-0.05, 0) is 20.8 Å². The number of nitrogens with two attached hydrogens (primary N) is 1. The summed E-state index contributed by atoms with van der Waals surface area (Å²) in [6.07, 6.45) is -6.07. The van der Waals surface area contributed by atoms with Crippen LogP contribution in [0.25, 0.3) is 0 Å². The molecular formula is C13H22F3N3O4. The molecule has 1 aliphatic rings. The highest BCUT2D eigenvalue weighted by Gasteiger charge is 2.59. The largest absolute Gasteiger partial charge is 0.452 e. The molecule has 1 saturated heterocycles. The molecule has 0 aromatic carbocycles. The van der Waals surface area contributed by atoms with Crippen molar-refractivity contribution in [3.8, 4) is 0 Å². The van der Waals surface area contributed by atoms with Gasteiger partial charge in [0.15, 0.2) is 0 Å². The number of nitrogens with one attached hydrogen (secondary N) is 1. The molecule has 1 amide bonds. The fraction of sp³-hybridized carbons (Fsp3) is 0.846. The summed E-state index contributed by atoms with van der Waals surface area (Å²) < 4.78 is 43.8. The lowest BCUT2D eigenvalue weighted by Crippen LogP contribution is -2.76. The van der Waals surface area contributed by atoms with Crippen molar-refractivity contribution >= 4 is 11.9 Å². The molecule has 0 saturated carbocycles. The van der Waals surface area contributed by atoms with Crippen molar-refractivity contribution in [3.05, 3.63) is 0 Å². The smallest absolute Gasteiger partial charge is 0.444 e. The summed E-state index contributed by atoms with van der Waals surface area (Å²) in [6.45, 7) is 3.10.